The van der Waals surface area contributed by atoms with Gasteiger partial charge in [0.25, 0.3) is 0 Å². The van der Waals surface area contributed by atoms with Crippen LogP contribution in [0.4, 0.5) is 0 Å². The van der Waals surface area contributed by atoms with Crippen LogP contribution in [0.1, 0.15) is 32.3 Å². The average molecular weight is 363 g/mol. The first kappa shape index (κ1) is 18.8. The molecule has 0 aromatic heterocycles. The molecule has 0 radical (unpaired) electrons. The van der Waals surface area contributed by atoms with Crippen molar-refractivity contribution in [3.05, 3.63) is 35.9 Å². The van der Waals surface area contributed by atoms with Crippen molar-refractivity contribution in [2.24, 2.45) is 0 Å². The van der Waals surface area contributed by atoms with Crippen LogP contribution in [-0.2, 0) is 30.4 Å². The Labute approximate surface area is 152 Å². The lowest BCUT2D eigenvalue weighted by atomic mass is 10.0. The number of benzene rings is 1. The summed E-state index contributed by atoms with van der Waals surface area (Å²) < 4.78 is 16.6. The van der Waals surface area contributed by atoms with E-state index >= 15 is 0 Å². The van der Waals surface area contributed by atoms with Gasteiger partial charge in [-0.1, -0.05) is 30.3 Å². The van der Waals surface area contributed by atoms with Gasteiger partial charge in [-0.25, -0.2) is 0 Å². The highest BCUT2D eigenvalue weighted by molar-refractivity contribution is 5.81. The maximum atomic E-state index is 12.4. The predicted octanol–water partition coefficient (Wildman–Crippen LogP) is 1.23. The Morgan fingerprint density at radius 3 is 2.65 bits per heavy atom. The summed E-state index contributed by atoms with van der Waals surface area (Å²) in [5.41, 5.74) is 0.901. The summed E-state index contributed by atoms with van der Waals surface area (Å²) in [5, 5.41) is 10.2. The van der Waals surface area contributed by atoms with E-state index in [-0.39, 0.29) is 38.0 Å². The van der Waals surface area contributed by atoms with Crippen molar-refractivity contribution in [3.8, 4) is 0 Å². The molecular formula is C19H25NO6. The van der Waals surface area contributed by atoms with Gasteiger partial charge in [0.2, 0.25) is 5.91 Å². The highest BCUT2D eigenvalue weighted by atomic mass is 16.8. The molecule has 0 bridgehead atoms. The van der Waals surface area contributed by atoms with E-state index in [1.165, 1.54) is 4.90 Å². The number of carbonyl (C=O) groups excluding carboxylic acids is 2. The van der Waals surface area contributed by atoms with Crippen molar-refractivity contribution in [2.45, 2.75) is 57.4 Å². The second-order valence-corrected chi connectivity index (χ2v) is 7.15. The van der Waals surface area contributed by atoms with Crippen molar-refractivity contribution in [3.63, 3.8) is 0 Å². The second-order valence-electron chi connectivity index (χ2n) is 7.15. The fraction of sp³-hybridized carbons (Fsp3) is 0.579. The minimum atomic E-state index is -0.801. The van der Waals surface area contributed by atoms with E-state index in [2.05, 4.69) is 0 Å². The lowest BCUT2D eigenvalue weighted by Crippen LogP contribution is -2.55. The molecule has 7 nitrogen and oxygen atoms in total. The molecule has 3 rings (SSSR count). The smallest absolute Gasteiger partial charge is 0.306 e. The standard InChI is InChI=1S/C19H25NO6/c1-19(2)25-15-11-20(10-14(21)18(15)26-19)16(22)8-9-17(23)24-12-13-6-4-3-5-7-13/h3-7,14-15,18,21H,8-12H2,1-2H3/t14-,15+,18-/m1/s1. The quantitative estimate of drug-likeness (QED) is 0.792. The Morgan fingerprint density at radius 1 is 1.19 bits per heavy atom. The maximum absolute atomic E-state index is 12.4. The molecule has 2 saturated heterocycles. The van der Waals surface area contributed by atoms with Crippen LogP contribution in [0.2, 0.25) is 0 Å². The third-order valence-corrected chi connectivity index (χ3v) is 4.55. The number of β-amino-alcohol motifs (C(OH)–C–C–N with tert-alkyl or cyclic N) is 1. The second kappa shape index (κ2) is 7.73. The third kappa shape index (κ3) is 4.60. The van der Waals surface area contributed by atoms with Crippen molar-refractivity contribution in [2.75, 3.05) is 13.1 Å². The van der Waals surface area contributed by atoms with Crippen molar-refractivity contribution in [1.29, 1.82) is 0 Å². The molecule has 2 fully saturated rings. The number of hydrogen-bond acceptors (Lipinski definition) is 6. The van der Waals surface area contributed by atoms with E-state index in [0.717, 1.165) is 5.56 Å². The number of aliphatic hydroxyl groups excluding tert-OH is 1. The number of likely N-dealkylation sites (tertiary alicyclic amines) is 1. The van der Waals surface area contributed by atoms with E-state index in [9.17, 15) is 14.7 Å². The molecule has 1 aromatic carbocycles. The summed E-state index contributed by atoms with van der Waals surface area (Å²) in [4.78, 5) is 25.8. The molecule has 7 heteroatoms. The number of carbonyl (C=O) groups is 2. The number of piperidine rings is 1. The van der Waals surface area contributed by atoms with Gasteiger partial charge >= 0.3 is 5.97 Å². The SMILES string of the molecule is CC1(C)O[C@@H]2[C@H](O)CN(C(=O)CCC(=O)OCc3ccccc3)C[C@@H]2O1. The van der Waals surface area contributed by atoms with Gasteiger partial charge in [0.1, 0.15) is 24.9 Å². The molecule has 1 N–H and O–H groups in total. The van der Waals surface area contributed by atoms with Gasteiger partial charge in [0.15, 0.2) is 5.79 Å². The van der Waals surface area contributed by atoms with E-state index in [1.54, 1.807) is 13.8 Å². The summed E-state index contributed by atoms with van der Waals surface area (Å²) in [6.07, 6.45) is -1.53. The Balaban J connectivity index is 1.44. The van der Waals surface area contributed by atoms with Crippen LogP contribution in [0, 0.1) is 0 Å². The van der Waals surface area contributed by atoms with Crippen LogP contribution in [-0.4, -0.2) is 59.1 Å². The Hall–Kier alpha value is -1.96. The van der Waals surface area contributed by atoms with Gasteiger partial charge in [-0.3, -0.25) is 9.59 Å². The van der Waals surface area contributed by atoms with E-state index in [0.29, 0.717) is 6.54 Å². The zero-order valence-electron chi connectivity index (χ0n) is 15.1. The van der Waals surface area contributed by atoms with Gasteiger partial charge in [0, 0.05) is 19.5 Å². The topological polar surface area (TPSA) is 85.3 Å². The summed E-state index contributed by atoms with van der Waals surface area (Å²) in [7, 11) is 0. The van der Waals surface area contributed by atoms with Crippen molar-refractivity contribution < 1.29 is 28.9 Å². The minimum Gasteiger partial charge on any atom is -0.461 e. The number of esters is 1. The van der Waals surface area contributed by atoms with Crippen LogP contribution < -0.4 is 0 Å². The van der Waals surface area contributed by atoms with Gasteiger partial charge in [-0.2, -0.15) is 0 Å². The molecule has 2 heterocycles. The summed E-state index contributed by atoms with van der Waals surface area (Å²) in [6.45, 7) is 4.29. The van der Waals surface area contributed by atoms with E-state index in [1.807, 2.05) is 30.3 Å². The average Bonchev–Trinajstić information content (AvgIpc) is 2.93. The highest BCUT2D eigenvalue weighted by Gasteiger charge is 2.49. The third-order valence-electron chi connectivity index (χ3n) is 4.55. The first-order chi connectivity index (χ1) is 12.3. The zero-order chi connectivity index (χ0) is 18.7. The van der Waals surface area contributed by atoms with Crippen molar-refractivity contribution >= 4 is 11.9 Å². The molecule has 142 valence electrons. The largest absolute Gasteiger partial charge is 0.461 e. The first-order valence-electron chi connectivity index (χ1n) is 8.85. The number of amides is 1. The van der Waals surface area contributed by atoms with Gasteiger partial charge in [-0.15, -0.1) is 0 Å². The molecule has 0 saturated carbocycles. The molecule has 2 aliphatic rings. The van der Waals surface area contributed by atoms with Gasteiger partial charge in [-0.05, 0) is 19.4 Å². The van der Waals surface area contributed by atoms with E-state index in [4.69, 9.17) is 14.2 Å². The monoisotopic (exact) mass is 363 g/mol. The Bertz CT molecular complexity index is 647. The molecular weight excluding hydrogens is 338 g/mol. The molecule has 3 atom stereocenters. The number of hydrogen-bond donors (Lipinski definition) is 1. The van der Waals surface area contributed by atoms with E-state index < -0.39 is 24.0 Å². The zero-order valence-corrected chi connectivity index (χ0v) is 15.1. The molecule has 1 aromatic rings. The fourth-order valence-corrected chi connectivity index (χ4v) is 3.33. The van der Waals surface area contributed by atoms with Crippen LogP contribution in [0.15, 0.2) is 30.3 Å². The maximum Gasteiger partial charge on any atom is 0.306 e. The van der Waals surface area contributed by atoms with Crippen LogP contribution in [0.3, 0.4) is 0 Å². The summed E-state index contributed by atoms with van der Waals surface area (Å²) in [6, 6.07) is 9.38. The fourth-order valence-electron chi connectivity index (χ4n) is 3.33. The first-order valence-corrected chi connectivity index (χ1v) is 8.85. The molecule has 0 unspecified atom stereocenters. The molecule has 26 heavy (non-hydrogen) atoms. The number of fused-ring (bicyclic) bond motifs is 1. The normalized spacial score (nSPS) is 27.0. The molecule has 2 aliphatic heterocycles. The summed E-state index contributed by atoms with van der Waals surface area (Å²) in [5.74, 6) is -1.39. The van der Waals surface area contributed by atoms with Crippen molar-refractivity contribution in [1.82, 2.24) is 4.90 Å². The Morgan fingerprint density at radius 2 is 1.92 bits per heavy atom. The molecule has 0 spiro atoms. The number of ether oxygens (including phenoxy) is 3. The van der Waals surface area contributed by atoms with Gasteiger partial charge < -0.3 is 24.2 Å². The number of nitrogens with zero attached hydrogens (tertiary/aromatic N) is 1. The minimum absolute atomic E-state index is 0.00913. The predicted molar refractivity (Wildman–Crippen MR) is 91.9 cm³/mol. The van der Waals surface area contributed by atoms with Crippen LogP contribution in [0.5, 0.6) is 0 Å². The number of rotatable bonds is 5. The van der Waals surface area contributed by atoms with Crippen LogP contribution in [0.25, 0.3) is 0 Å². The summed E-state index contributed by atoms with van der Waals surface area (Å²) >= 11 is 0. The number of aliphatic hydroxyl groups is 1. The lowest BCUT2D eigenvalue weighted by molar-refractivity contribution is -0.152. The molecule has 0 aliphatic carbocycles. The lowest BCUT2D eigenvalue weighted by Gasteiger charge is -2.36. The Kier molecular flexibility index (Phi) is 5.60. The van der Waals surface area contributed by atoms with Crippen LogP contribution >= 0.6 is 0 Å². The van der Waals surface area contributed by atoms with Gasteiger partial charge in [0.05, 0.1) is 6.42 Å². The molecule has 1 amide bonds. The highest BCUT2D eigenvalue weighted by Crippen LogP contribution is 2.33.